The molecule has 0 saturated carbocycles. The Morgan fingerprint density at radius 3 is 2.05 bits per heavy atom. The van der Waals surface area contributed by atoms with Crippen molar-refractivity contribution in [3.63, 3.8) is 0 Å². The van der Waals surface area contributed by atoms with Crippen LogP contribution in [0, 0.1) is 29.6 Å². The largest absolute Gasteiger partial charge is 0.432 e. The number of hydrogen-bond acceptors (Lipinski definition) is 9. The van der Waals surface area contributed by atoms with Crippen molar-refractivity contribution in [2.24, 2.45) is 29.6 Å². The fourth-order valence-corrected chi connectivity index (χ4v) is 9.97. The third kappa shape index (κ3) is 14.7. The lowest BCUT2D eigenvalue weighted by molar-refractivity contribution is -0.149. The second kappa shape index (κ2) is 24.5. The van der Waals surface area contributed by atoms with Gasteiger partial charge >= 0.3 is 0 Å². The van der Waals surface area contributed by atoms with E-state index in [2.05, 4.69) is 5.32 Å². The summed E-state index contributed by atoms with van der Waals surface area (Å²) >= 11 is 0. The van der Waals surface area contributed by atoms with Gasteiger partial charge in [-0.25, -0.2) is 0 Å². The van der Waals surface area contributed by atoms with E-state index in [9.17, 15) is 33.9 Å². The van der Waals surface area contributed by atoms with Gasteiger partial charge in [0.2, 0.25) is 23.6 Å². The van der Waals surface area contributed by atoms with Crippen LogP contribution in [-0.2, 0) is 33.4 Å². The van der Waals surface area contributed by atoms with Gasteiger partial charge in [0.1, 0.15) is 0 Å². The summed E-state index contributed by atoms with van der Waals surface area (Å²) in [5, 5.41) is 13.8. The normalized spacial score (nSPS) is 19.2. The summed E-state index contributed by atoms with van der Waals surface area (Å²) in [4.78, 5) is 84.9. The number of amides is 4. The maximum Gasteiger partial charge on any atom is 0.226 e. The van der Waals surface area contributed by atoms with E-state index in [-0.39, 0.29) is 72.5 Å². The van der Waals surface area contributed by atoms with Crippen molar-refractivity contribution >= 4 is 37.7 Å². The van der Waals surface area contributed by atoms with Gasteiger partial charge in [0.15, 0.2) is 14.1 Å². The lowest BCUT2D eigenvalue weighted by Gasteiger charge is -2.41. The highest BCUT2D eigenvalue weighted by Gasteiger charge is 2.43. The molecule has 1 aromatic carbocycles. The molecular formula is C46H80N4O9Si. The van der Waals surface area contributed by atoms with Crippen molar-refractivity contribution in [2.45, 2.75) is 162 Å². The number of nitrogens with one attached hydrogen (secondary N) is 1. The van der Waals surface area contributed by atoms with Crippen molar-refractivity contribution in [3.8, 4) is 0 Å². The first-order valence-corrected chi connectivity index (χ1v) is 25.3. The van der Waals surface area contributed by atoms with Gasteiger partial charge in [-0.3, -0.25) is 24.0 Å². The number of carbonyl (C=O) groups excluding carboxylic acids is 5. The van der Waals surface area contributed by atoms with Gasteiger partial charge < -0.3 is 39.4 Å². The van der Waals surface area contributed by atoms with Gasteiger partial charge in [-0.05, 0) is 68.6 Å². The number of ether oxygens (including phenoxy) is 2. The predicted octanol–water partition coefficient (Wildman–Crippen LogP) is 5.84. The highest BCUT2D eigenvalue weighted by Crippen LogP contribution is 2.31. The van der Waals surface area contributed by atoms with Gasteiger partial charge in [0.05, 0.1) is 54.8 Å². The first-order chi connectivity index (χ1) is 28.0. The Bertz CT molecular complexity index is 1520. The van der Waals surface area contributed by atoms with Crippen LogP contribution in [0.25, 0.3) is 0 Å². The van der Waals surface area contributed by atoms with Crippen LogP contribution >= 0.6 is 0 Å². The maximum atomic E-state index is 14.5. The van der Waals surface area contributed by atoms with E-state index >= 15 is 0 Å². The van der Waals surface area contributed by atoms with E-state index in [1.54, 1.807) is 52.0 Å². The monoisotopic (exact) mass is 861 g/mol. The fraction of sp³-hybridized carbons (Fsp3) is 0.761. The lowest BCUT2D eigenvalue weighted by Crippen LogP contribution is -2.55. The zero-order valence-corrected chi connectivity index (χ0v) is 40.3. The minimum absolute atomic E-state index is 0.000495. The molecule has 14 heteroatoms. The quantitative estimate of drug-likeness (QED) is 0.103. The lowest BCUT2D eigenvalue weighted by atomic mass is 9.83. The number of likely N-dealkylation sites (N-methyl/N-ethyl adjacent to an activating group) is 2. The number of hydrogen-bond donors (Lipinski definition) is 3. The van der Waals surface area contributed by atoms with Crippen molar-refractivity contribution in [2.75, 3.05) is 34.9 Å². The van der Waals surface area contributed by atoms with Gasteiger partial charge in [-0.2, -0.15) is 0 Å². The number of rotatable bonds is 25. The standard InChI is InChI=1S/C46H80N4O9Si/c1-15-31(6)42(49(10)46(56)35(29(2)3)27-37(51)41(30(4)5)48(9)39(52)24-20-26-60(13,14)57)38(58-11)28-40(53)50-25-19-23-36(50)44(59-12)32(7)45(55)47-33(8)43(54)34-21-17-16-18-22-34/h16-18,21-22,29-33,35-36,38,41-44,54,57H,15,19-20,23-28H2,1-14H3,(H,47,55)/t31-,32+,33+,35-,36-,38+,41-,42-,43+,44+/m1/s1. The SMILES string of the molecule is CC[C@@H](C)[C@H]([C@H](CC(=O)N1CCC[C@@H]1[C@@H](OC)[C@H](C)C(=O)N[C@@H](C)[C@H](O)c1ccccc1)OC)N(C)C(=O)[C@H](CC(=O)[C@@H](C(C)C)N(C)C(=O)CCC[Si](C)(C)O)C(C)C. The van der Waals surface area contributed by atoms with Gasteiger partial charge in [0.25, 0.3) is 0 Å². The molecule has 2 rings (SSSR count). The first-order valence-electron chi connectivity index (χ1n) is 22.2. The summed E-state index contributed by atoms with van der Waals surface area (Å²) < 4.78 is 12.0. The van der Waals surface area contributed by atoms with Gasteiger partial charge in [-0.1, -0.05) is 85.2 Å². The average Bonchev–Trinajstić information content (AvgIpc) is 3.68. The Labute approximate surface area is 362 Å². The number of aliphatic hydroxyl groups excluding tert-OH is 1. The number of ketones is 1. The summed E-state index contributed by atoms with van der Waals surface area (Å²) in [6.07, 6.45) is 0.707. The Morgan fingerprint density at radius 1 is 0.917 bits per heavy atom. The van der Waals surface area contributed by atoms with Crippen LogP contribution < -0.4 is 5.32 Å². The zero-order valence-electron chi connectivity index (χ0n) is 39.3. The van der Waals surface area contributed by atoms with Crippen molar-refractivity contribution in [1.29, 1.82) is 0 Å². The molecule has 13 nitrogen and oxygen atoms in total. The van der Waals surface area contributed by atoms with Crippen molar-refractivity contribution < 1.29 is 43.3 Å². The molecule has 1 aromatic rings. The molecule has 1 aliphatic heterocycles. The second-order valence-electron chi connectivity index (χ2n) is 18.6. The number of methoxy groups -OCH3 is 2. The smallest absolute Gasteiger partial charge is 0.226 e. The highest BCUT2D eigenvalue weighted by molar-refractivity contribution is 6.69. The number of aliphatic hydroxyl groups is 1. The molecule has 0 radical (unpaired) electrons. The summed E-state index contributed by atoms with van der Waals surface area (Å²) in [5.41, 5.74) is 0.700. The summed E-state index contributed by atoms with van der Waals surface area (Å²) in [6, 6.07) is 7.65. The minimum atomic E-state index is -2.30. The van der Waals surface area contributed by atoms with E-state index in [4.69, 9.17) is 9.47 Å². The van der Waals surface area contributed by atoms with Crippen LogP contribution in [0.15, 0.2) is 30.3 Å². The first kappa shape index (κ1) is 53.0. The molecule has 1 saturated heterocycles. The molecule has 0 spiro atoms. The van der Waals surface area contributed by atoms with E-state index in [1.165, 1.54) is 4.90 Å². The number of Topliss-reactive ketones (excluding diaryl/α,β-unsaturated/α-hetero) is 1. The van der Waals surface area contributed by atoms with Crippen LogP contribution in [0.1, 0.15) is 112 Å². The van der Waals surface area contributed by atoms with Crippen LogP contribution in [-0.4, -0.2) is 134 Å². The van der Waals surface area contributed by atoms with Crippen LogP contribution in [0.2, 0.25) is 19.1 Å². The number of likely N-dealkylation sites (tertiary alicyclic amines) is 1. The molecule has 1 aliphatic rings. The molecule has 4 amide bonds. The van der Waals surface area contributed by atoms with E-state index < -0.39 is 56.6 Å². The molecule has 1 heterocycles. The molecular weight excluding hydrogens is 781 g/mol. The van der Waals surface area contributed by atoms with Gasteiger partial charge in [0, 0.05) is 53.6 Å². The fourth-order valence-electron chi connectivity index (χ4n) is 8.93. The molecule has 342 valence electrons. The Balaban J connectivity index is 2.26. The van der Waals surface area contributed by atoms with Crippen LogP contribution in [0.3, 0.4) is 0 Å². The third-order valence-corrected chi connectivity index (χ3v) is 14.3. The summed E-state index contributed by atoms with van der Waals surface area (Å²) in [7, 11) is 4.17. The Kier molecular flexibility index (Phi) is 21.6. The van der Waals surface area contributed by atoms with Gasteiger partial charge in [-0.15, -0.1) is 0 Å². The topological polar surface area (TPSA) is 166 Å². The van der Waals surface area contributed by atoms with Crippen molar-refractivity contribution in [3.05, 3.63) is 35.9 Å². The molecule has 60 heavy (non-hydrogen) atoms. The Hall–Kier alpha value is -3.17. The maximum absolute atomic E-state index is 14.5. The zero-order chi connectivity index (χ0) is 45.6. The van der Waals surface area contributed by atoms with E-state index in [1.807, 2.05) is 85.0 Å². The molecule has 3 N–H and O–H groups in total. The minimum Gasteiger partial charge on any atom is -0.432 e. The Morgan fingerprint density at radius 2 is 1.53 bits per heavy atom. The number of nitrogens with zero attached hydrogens (tertiary/aromatic N) is 3. The van der Waals surface area contributed by atoms with Crippen LogP contribution in [0.5, 0.6) is 0 Å². The molecule has 0 bridgehead atoms. The average molecular weight is 861 g/mol. The summed E-state index contributed by atoms with van der Waals surface area (Å²) in [5.74, 6) is -2.69. The highest BCUT2D eigenvalue weighted by atomic mass is 28.4. The molecule has 0 aromatic heterocycles. The van der Waals surface area contributed by atoms with E-state index in [0.29, 0.717) is 37.4 Å². The predicted molar refractivity (Wildman–Crippen MR) is 238 cm³/mol. The molecule has 0 unspecified atom stereocenters. The van der Waals surface area contributed by atoms with Crippen molar-refractivity contribution in [1.82, 2.24) is 20.0 Å². The molecule has 10 atom stereocenters. The third-order valence-electron chi connectivity index (χ3n) is 12.7. The number of carbonyl (C=O) groups is 5. The number of benzene rings is 1. The van der Waals surface area contributed by atoms with E-state index in [0.717, 1.165) is 6.42 Å². The molecule has 0 aliphatic carbocycles. The second-order valence-corrected chi connectivity index (χ2v) is 22.7. The molecule has 1 fully saturated rings. The van der Waals surface area contributed by atoms with Crippen LogP contribution in [0.4, 0.5) is 0 Å². The summed E-state index contributed by atoms with van der Waals surface area (Å²) in [6.45, 7) is 19.4.